The summed E-state index contributed by atoms with van der Waals surface area (Å²) in [4.78, 5) is 4.17. The second-order valence-corrected chi connectivity index (χ2v) is 3.63. The van der Waals surface area contributed by atoms with Crippen molar-refractivity contribution in [1.82, 2.24) is 14.9 Å². The third kappa shape index (κ3) is 2.40. The number of nitrogens with one attached hydrogen (secondary N) is 1. The van der Waals surface area contributed by atoms with Crippen LogP contribution in [0.1, 0.15) is 11.6 Å². The Morgan fingerprint density at radius 2 is 2.40 bits per heavy atom. The van der Waals surface area contributed by atoms with Gasteiger partial charge in [-0.3, -0.25) is 0 Å². The molecule has 1 N–H and O–H groups in total. The molecule has 0 aliphatic carbocycles. The monoisotopic (exact) mass is 225 g/mol. The number of rotatable bonds is 4. The van der Waals surface area contributed by atoms with Crippen LogP contribution in [0.5, 0.6) is 0 Å². The van der Waals surface area contributed by atoms with Crippen molar-refractivity contribution < 1.29 is 4.42 Å². The molecule has 2 heterocycles. The number of hydrogen-bond acceptors (Lipinski definition) is 3. The van der Waals surface area contributed by atoms with Gasteiger partial charge >= 0.3 is 0 Å². The summed E-state index contributed by atoms with van der Waals surface area (Å²) in [6.07, 6.45) is 3.31. The number of halogens is 1. The first-order valence-electron chi connectivity index (χ1n) is 4.66. The lowest BCUT2D eigenvalue weighted by Crippen LogP contribution is -2.15. The van der Waals surface area contributed by atoms with E-state index in [4.69, 9.17) is 16.0 Å². The SMILES string of the molecule is Cn1c(Cl)cnc1CNCc1ccco1. The molecule has 2 aromatic heterocycles. The minimum atomic E-state index is 0.643. The zero-order chi connectivity index (χ0) is 10.7. The predicted molar refractivity (Wildman–Crippen MR) is 57.5 cm³/mol. The molecule has 0 aliphatic rings. The quantitative estimate of drug-likeness (QED) is 0.865. The summed E-state index contributed by atoms with van der Waals surface area (Å²) >= 11 is 5.86. The molecule has 0 unspecified atom stereocenters. The molecule has 0 bridgehead atoms. The van der Waals surface area contributed by atoms with Gasteiger partial charge in [-0.1, -0.05) is 11.6 Å². The van der Waals surface area contributed by atoms with Crippen LogP contribution in [0.25, 0.3) is 0 Å². The van der Waals surface area contributed by atoms with Crippen LogP contribution in [0.4, 0.5) is 0 Å². The van der Waals surface area contributed by atoms with Crippen LogP contribution < -0.4 is 5.32 Å². The van der Waals surface area contributed by atoms with Gasteiger partial charge in [0.25, 0.3) is 0 Å². The molecule has 0 saturated heterocycles. The molecule has 2 aromatic rings. The average Bonchev–Trinajstić information content (AvgIpc) is 2.83. The molecule has 0 saturated carbocycles. The maximum atomic E-state index is 5.86. The van der Waals surface area contributed by atoms with Gasteiger partial charge in [-0.2, -0.15) is 0 Å². The van der Waals surface area contributed by atoms with Gasteiger partial charge in [0.1, 0.15) is 16.7 Å². The zero-order valence-electron chi connectivity index (χ0n) is 8.40. The maximum Gasteiger partial charge on any atom is 0.128 e. The number of hydrogen-bond donors (Lipinski definition) is 1. The van der Waals surface area contributed by atoms with E-state index in [2.05, 4.69) is 10.3 Å². The highest BCUT2D eigenvalue weighted by Gasteiger charge is 2.03. The molecular weight excluding hydrogens is 214 g/mol. The van der Waals surface area contributed by atoms with E-state index in [-0.39, 0.29) is 0 Å². The van der Waals surface area contributed by atoms with Crippen LogP contribution in [0, 0.1) is 0 Å². The first-order chi connectivity index (χ1) is 7.27. The molecule has 0 amide bonds. The molecule has 0 aromatic carbocycles. The molecule has 0 spiro atoms. The second kappa shape index (κ2) is 4.51. The third-order valence-electron chi connectivity index (χ3n) is 2.19. The lowest BCUT2D eigenvalue weighted by atomic mass is 10.4. The van der Waals surface area contributed by atoms with Crippen molar-refractivity contribution in [2.24, 2.45) is 7.05 Å². The van der Waals surface area contributed by atoms with Gasteiger partial charge in [0.15, 0.2) is 0 Å². The molecular formula is C10H12ClN3O. The van der Waals surface area contributed by atoms with E-state index in [1.165, 1.54) is 0 Å². The van der Waals surface area contributed by atoms with Crippen molar-refractivity contribution in [2.75, 3.05) is 0 Å². The Bertz CT molecular complexity index is 422. The van der Waals surface area contributed by atoms with Gasteiger partial charge in [-0.05, 0) is 12.1 Å². The molecule has 4 nitrogen and oxygen atoms in total. The second-order valence-electron chi connectivity index (χ2n) is 3.24. The lowest BCUT2D eigenvalue weighted by molar-refractivity contribution is 0.478. The summed E-state index contributed by atoms with van der Waals surface area (Å²) in [5.74, 6) is 1.82. The van der Waals surface area contributed by atoms with E-state index in [9.17, 15) is 0 Å². The number of aromatic nitrogens is 2. The fourth-order valence-electron chi connectivity index (χ4n) is 1.30. The Morgan fingerprint density at radius 1 is 1.53 bits per heavy atom. The zero-order valence-corrected chi connectivity index (χ0v) is 9.16. The fraction of sp³-hybridized carbons (Fsp3) is 0.300. The average molecular weight is 226 g/mol. The van der Waals surface area contributed by atoms with Gasteiger partial charge in [0.2, 0.25) is 0 Å². The van der Waals surface area contributed by atoms with Gasteiger partial charge < -0.3 is 14.3 Å². The van der Waals surface area contributed by atoms with E-state index in [1.807, 2.05) is 23.7 Å². The Kier molecular flexibility index (Phi) is 3.08. The largest absolute Gasteiger partial charge is 0.468 e. The van der Waals surface area contributed by atoms with Gasteiger partial charge in [0, 0.05) is 7.05 Å². The summed E-state index contributed by atoms with van der Waals surface area (Å²) in [6, 6.07) is 3.80. The first-order valence-corrected chi connectivity index (χ1v) is 5.04. The van der Waals surface area contributed by atoms with Gasteiger partial charge in [-0.25, -0.2) is 4.98 Å². The van der Waals surface area contributed by atoms with Crippen LogP contribution in [-0.2, 0) is 20.1 Å². The normalized spacial score (nSPS) is 10.8. The Balaban J connectivity index is 1.86. The minimum Gasteiger partial charge on any atom is -0.468 e. The summed E-state index contributed by atoms with van der Waals surface area (Å²) in [5, 5.41) is 3.87. The van der Waals surface area contributed by atoms with Crippen LogP contribution >= 0.6 is 11.6 Å². The first kappa shape index (κ1) is 10.3. The van der Waals surface area contributed by atoms with E-state index < -0.39 is 0 Å². The smallest absolute Gasteiger partial charge is 0.128 e. The Hall–Kier alpha value is -1.26. The number of furan rings is 1. The van der Waals surface area contributed by atoms with Crippen LogP contribution in [0.2, 0.25) is 5.15 Å². The summed E-state index contributed by atoms with van der Waals surface area (Å²) in [7, 11) is 1.89. The molecule has 0 atom stereocenters. The molecule has 5 heteroatoms. The van der Waals surface area contributed by atoms with Crippen molar-refractivity contribution in [3.63, 3.8) is 0 Å². The number of imidazole rings is 1. The predicted octanol–water partition coefficient (Wildman–Crippen LogP) is 1.96. The van der Waals surface area contributed by atoms with E-state index in [0.29, 0.717) is 18.2 Å². The highest BCUT2D eigenvalue weighted by molar-refractivity contribution is 6.29. The Labute approximate surface area is 92.9 Å². The lowest BCUT2D eigenvalue weighted by Gasteiger charge is -2.03. The standard InChI is InChI=1S/C10H12ClN3O/c1-14-9(11)6-13-10(14)7-12-5-8-3-2-4-15-8/h2-4,6,12H,5,7H2,1H3. The van der Waals surface area contributed by atoms with Crippen LogP contribution in [0.15, 0.2) is 29.0 Å². The fourth-order valence-corrected chi connectivity index (χ4v) is 1.45. The Morgan fingerprint density at radius 3 is 3.00 bits per heavy atom. The summed E-state index contributed by atoms with van der Waals surface area (Å²) in [6.45, 7) is 1.36. The van der Waals surface area contributed by atoms with Crippen LogP contribution in [-0.4, -0.2) is 9.55 Å². The highest BCUT2D eigenvalue weighted by Crippen LogP contribution is 2.08. The van der Waals surface area contributed by atoms with Crippen molar-refractivity contribution in [3.8, 4) is 0 Å². The minimum absolute atomic E-state index is 0.643. The number of nitrogens with zero attached hydrogens (tertiary/aromatic N) is 2. The van der Waals surface area contributed by atoms with Crippen molar-refractivity contribution in [3.05, 3.63) is 41.3 Å². The van der Waals surface area contributed by atoms with Crippen molar-refractivity contribution in [2.45, 2.75) is 13.1 Å². The molecule has 80 valence electrons. The highest BCUT2D eigenvalue weighted by atomic mass is 35.5. The molecule has 0 aliphatic heterocycles. The van der Waals surface area contributed by atoms with E-state index >= 15 is 0 Å². The summed E-state index contributed by atoms with van der Waals surface area (Å²) in [5.41, 5.74) is 0. The molecule has 2 rings (SSSR count). The van der Waals surface area contributed by atoms with E-state index in [1.54, 1.807) is 12.5 Å². The topological polar surface area (TPSA) is 43.0 Å². The molecule has 0 fully saturated rings. The van der Waals surface area contributed by atoms with Crippen LogP contribution in [0.3, 0.4) is 0 Å². The van der Waals surface area contributed by atoms with Gasteiger partial charge in [0.05, 0.1) is 25.5 Å². The van der Waals surface area contributed by atoms with E-state index in [0.717, 1.165) is 11.6 Å². The van der Waals surface area contributed by atoms with Crippen molar-refractivity contribution >= 4 is 11.6 Å². The molecule has 15 heavy (non-hydrogen) atoms. The van der Waals surface area contributed by atoms with Gasteiger partial charge in [-0.15, -0.1) is 0 Å². The third-order valence-corrected chi connectivity index (χ3v) is 2.54. The summed E-state index contributed by atoms with van der Waals surface area (Å²) < 4.78 is 7.04. The van der Waals surface area contributed by atoms with Crippen molar-refractivity contribution in [1.29, 1.82) is 0 Å². The molecule has 0 radical (unpaired) electrons. The maximum absolute atomic E-state index is 5.86.